The van der Waals surface area contributed by atoms with Crippen LogP contribution in [-0.2, 0) is 14.3 Å². The summed E-state index contributed by atoms with van der Waals surface area (Å²) >= 11 is 0. The van der Waals surface area contributed by atoms with Crippen molar-refractivity contribution in [2.45, 2.75) is 51.4 Å². The Labute approximate surface area is 204 Å². The van der Waals surface area contributed by atoms with E-state index in [0.717, 1.165) is 40.7 Å². The minimum Gasteiger partial charge on any atom is -0.481 e. The first-order valence-corrected chi connectivity index (χ1v) is 12.3. The molecule has 1 saturated carbocycles. The van der Waals surface area contributed by atoms with Crippen molar-refractivity contribution in [3.05, 3.63) is 59.0 Å². The van der Waals surface area contributed by atoms with Gasteiger partial charge in [-0.15, -0.1) is 0 Å². The predicted molar refractivity (Wildman–Crippen MR) is 131 cm³/mol. The van der Waals surface area contributed by atoms with Gasteiger partial charge in [-0.2, -0.15) is 0 Å². The van der Waals surface area contributed by atoms with Gasteiger partial charge in [0.15, 0.2) is 6.79 Å². The van der Waals surface area contributed by atoms with Gasteiger partial charge in [0.1, 0.15) is 11.6 Å². The Morgan fingerprint density at radius 3 is 2.63 bits per heavy atom. The lowest BCUT2D eigenvalue weighted by Crippen LogP contribution is -2.20. The summed E-state index contributed by atoms with van der Waals surface area (Å²) in [4.78, 5) is 12.4. The number of carboxylic acid groups (broad SMARTS) is 1. The number of carbonyl (C=O) groups is 1. The largest absolute Gasteiger partial charge is 0.481 e. The Morgan fingerprint density at radius 2 is 2.00 bits per heavy atom. The first-order chi connectivity index (χ1) is 16.9. The first-order valence-electron chi connectivity index (χ1n) is 12.3. The summed E-state index contributed by atoms with van der Waals surface area (Å²) in [6.07, 6.45) is 2.90. The molecule has 0 bridgehead atoms. The highest BCUT2D eigenvalue weighted by Crippen LogP contribution is 2.64. The van der Waals surface area contributed by atoms with Crippen LogP contribution in [0.5, 0.6) is 5.75 Å². The number of rotatable bonds is 8. The number of hydrogen-bond acceptors (Lipinski definition) is 4. The van der Waals surface area contributed by atoms with Crippen molar-refractivity contribution in [1.82, 2.24) is 4.57 Å². The highest BCUT2D eigenvalue weighted by atomic mass is 19.1. The number of aromatic nitrogens is 1. The van der Waals surface area contributed by atoms with Gasteiger partial charge in [-0.25, -0.2) is 4.39 Å². The second kappa shape index (κ2) is 9.28. The van der Waals surface area contributed by atoms with E-state index in [1.54, 1.807) is 20.1 Å². The molecule has 1 aromatic heterocycles. The lowest BCUT2D eigenvalue weighted by Gasteiger charge is -2.26. The van der Waals surface area contributed by atoms with Crippen LogP contribution in [0.1, 0.15) is 61.3 Å². The quantitative estimate of drug-likeness (QED) is 0.404. The molecule has 2 atom stereocenters. The van der Waals surface area contributed by atoms with Crippen LogP contribution < -0.4 is 4.74 Å². The van der Waals surface area contributed by atoms with Crippen LogP contribution in [0.25, 0.3) is 16.6 Å². The van der Waals surface area contributed by atoms with Crippen molar-refractivity contribution in [2.75, 3.05) is 27.1 Å². The maximum absolute atomic E-state index is 14.2. The Bertz CT molecular complexity index is 1260. The van der Waals surface area contributed by atoms with Crippen molar-refractivity contribution in [3.63, 3.8) is 0 Å². The standard InChI is InChI=1S/C28H32FNO5/c1-4-28(27(31)32)15-22(28)25-21-14-20(35-16-33-3)6-8-24(21)30(19-5-7-23(29)17(2)13-19)26(25)18-9-11-34-12-10-18/h5-8,13-14,18,22H,4,9-12,15-16H2,1-3H3,(H,31,32). The fourth-order valence-electron chi connectivity index (χ4n) is 5.78. The Hall–Kier alpha value is -2.90. The third kappa shape index (κ3) is 4.00. The summed E-state index contributed by atoms with van der Waals surface area (Å²) in [6.45, 7) is 5.18. The van der Waals surface area contributed by atoms with Gasteiger partial charge in [0, 0.05) is 48.9 Å². The molecule has 0 radical (unpaired) electrons. The summed E-state index contributed by atoms with van der Waals surface area (Å²) in [7, 11) is 1.58. The topological polar surface area (TPSA) is 69.9 Å². The molecule has 1 N–H and O–H groups in total. The molecule has 5 rings (SSSR count). The van der Waals surface area contributed by atoms with E-state index in [1.807, 2.05) is 31.2 Å². The average molecular weight is 482 g/mol. The number of fused-ring (bicyclic) bond motifs is 1. The summed E-state index contributed by atoms with van der Waals surface area (Å²) in [6, 6.07) is 11.1. The highest BCUT2D eigenvalue weighted by molar-refractivity contribution is 5.92. The summed E-state index contributed by atoms with van der Waals surface area (Å²) in [5, 5.41) is 11.2. The SMILES string of the molecule is CCC1(C(=O)O)CC1c1c(C2CCOCC2)n(-c2ccc(F)c(C)c2)c2ccc(OCOC)cc12. The van der Waals surface area contributed by atoms with Gasteiger partial charge in [0.05, 0.1) is 10.9 Å². The van der Waals surface area contributed by atoms with Crippen LogP contribution in [-0.4, -0.2) is 42.8 Å². The van der Waals surface area contributed by atoms with E-state index in [4.69, 9.17) is 14.2 Å². The smallest absolute Gasteiger partial charge is 0.310 e. The molecule has 6 nitrogen and oxygen atoms in total. The number of ether oxygens (including phenoxy) is 3. The minimum absolute atomic E-state index is 0.0918. The van der Waals surface area contributed by atoms with Crippen LogP contribution >= 0.6 is 0 Å². The third-order valence-electron chi connectivity index (χ3n) is 7.85. The van der Waals surface area contributed by atoms with E-state index < -0.39 is 11.4 Å². The van der Waals surface area contributed by atoms with Crippen LogP contribution in [0.3, 0.4) is 0 Å². The number of hydrogen-bond donors (Lipinski definition) is 1. The number of aliphatic carboxylic acids is 1. The molecular weight excluding hydrogens is 449 g/mol. The van der Waals surface area contributed by atoms with E-state index >= 15 is 0 Å². The van der Waals surface area contributed by atoms with E-state index in [-0.39, 0.29) is 24.4 Å². The number of benzene rings is 2. The van der Waals surface area contributed by atoms with Gasteiger partial charge in [0.2, 0.25) is 0 Å². The average Bonchev–Trinajstić information content (AvgIpc) is 3.52. The van der Waals surface area contributed by atoms with Crippen molar-refractivity contribution >= 4 is 16.9 Å². The number of carboxylic acids is 1. The van der Waals surface area contributed by atoms with Crippen molar-refractivity contribution < 1.29 is 28.5 Å². The Kier molecular flexibility index (Phi) is 6.32. The summed E-state index contributed by atoms with van der Waals surface area (Å²) in [5.74, 6) is -0.195. The van der Waals surface area contributed by atoms with Gasteiger partial charge in [0.25, 0.3) is 0 Å². The molecular formula is C28H32FNO5. The molecule has 3 aromatic rings. The molecule has 1 aliphatic heterocycles. The molecule has 2 aromatic carbocycles. The van der Waals surface area contributed by atoms with Gasteiger partial charge < -0.3 is 23.9 Å². The molecule has 2 heterocycles. The van der Waals surface area contributed by atoms with Crippen molar-refractivity contribution in [1.29, 1.82) is 0 Å². The normalized spacial score (nSPS) is 22.5. The zero-order chi connectivity index (χ0) is 24.7. The first kappa shape index (κ1) is 23.8. The fourth-order valence-corrected chi connectivity index (χ4v) is 5.78. The van der Waals surface area contributed by atoms with E-state index in [9.17, 15) is 14.3 Å². The number of aryl methyl sites for hydroxylation is 1. The molecule has 2 unspecified atom stereocenters. The second-order valence-corrected chi connectivity index (χ2v) is 9.76. The molecule has 2 aliphatic rings. The van der Waals surface area contributed by atoms with Crippen molar-refractivity contribution in [3.8, 4) is 11.4 Å². The van der Waals surface area contributed by atoms with Crippen LogP contribution in [0.15, 0.2) is 36.4 Å². The lowest BCUT2D eigenvalue weighted by atomic mass is 9.88. The summed E-state index contributed by atoms with van der Waals surface area (Å²) < 4.78 is 33.0. The van der Waals surface area contributed by atoms with Gasteiger partial charge in [-0.1, -0.05) is 6.92 Å². The molecule has 0 spiro atoms. The zero-order valence-corrected chi connectivity index (χ0v) is 20.5. The third-order valence-corrected chi connectivity index (χ3v) is 7.85. The second-order valence-electron chi connectivity index (χ2n) is 9.76. The molecule has 1 aliphatic carbocycles. The van der Waals surface area contributed by atoms with E-state index in [2.05, 4.69) is 4.57 Å². The summed E-state index contributed by atoms with van der Waals surface area (Å²) in [5.41, 5.74) is 3.87. The maximum Gasteiger partial charge on any atom is 0.310 e. The number of halogens is 1. The molecule has 1 saturated heterocycles. The monoisotopic (exact) mass is 481 g/mol. The van der Waals surface area contributed by atoms with Crippen LogP contribution in [0.4, 0.5) is 4.39 Å². The molecule has 2 fully saturated rings. The van der Waals surface area contributed by atoms with Crippen LogP contribution in [0, 0.1) is 18.2 Å². The van der Waals surface area contributed by atoms with Crippen LogP contribution in [0.2, 0.25) is 0 Å². The lowest BCUT2D eigenvalue weighted by molar-refractivity contribution is -0.143. The molecule has 0 amide bonds. The fraction of sp³-hybridized carbons (Fsp3) is 0.464. The van der Waals surface area contributed by atoms with Gasteiger partial charge in [-0.05, 0) is 80.1 Å². The number of nitrogens with zero attached hydrogens (tertiary/aromatic N) is 1. The van der Waals surface area contributed by atoms with Gasteiger partial charge >= 0.3 is 5.97 Å². The maximum atomic E-state index is 14.2. The predicted octanol–water partition coefficient (Wildman–Crippen LogP) is 5.92. The van der Waals surface area contributed by atoms with E-state index in [1.165, 1.54) is 6.07 Å². The van der Waals surface area contributed by atoms with Crippen molar-refractivity contribution in [2.24, 2.45) is 5.41 Å². The molecule has 186 valence electrons. The number of methoxy groups -OCH3 is 1. The molecule has 35 heavy (non-hydrogen) atoms. The minimum atomic E-state index is -0.763. The molecule has 7 heteroatoms. The Morgan fingerprint density at radius 1 is 1.23 bits per heavy atom. The zero-order valence-electron chi connectivity index (χ0n) is 20.5. The van der Waals surface area contributed by atoms with Gasteiger partial charge in [-0.3, -0.25) is 4.79 Å². The highest BCUT2D eigenvalue weighted by Gasteiger charge is 2.61. The Balaban J connectivity index is 1.80. The van der Waals surface area contributed by atoms with E-state index in [0.29, 0.717) is 37.4 Å².